The summed E-state index contributed by atoms with van der Waals surface area (Å²) in [6.45, 7) is 6.39. The first kappa shape index (κ1) is 13.4. The summed E-state index contributed by atoms with van der Waals surface area (Å²) in [5.74, 6) is 1.88. The lowest BCUT2D eigenvalue weighted by Crippen LogP contribution is -2.38. The summed E-state index contributed by atoms with van der Waals surface area (Å²) in [6, 6.07) is 0. The van der Waals surface area contributed by atoms with Gasteiger partial charge in [0.1, 0.15) is 0 Å². The molecule has 0 spiro atoms. The third-order valence-corrected chi connectivity index (χ3v) is 4.70. The van der Waals surface area contributed by atoms with Crippen molar-refractivity contribution in [2.75, 3.05) is 19.6 Å². The van der Waals surface area contributed by atoms with Crippen LogP contribution in [0, 0.1) is 18.3 Å². The molecule has 0 amide bonds. The van der Waals surface area contributed by atoms with E-state index in [0.29, 0.717) is 0 Å². The Balaban J connectivity index is 1.74. The van der Waals surface area contributed by atoms with Gasteiger partial charge in [-0.15, -0.1) is 0 Å². The number of nitrogens with zero attached hydrogens (tertiary/aromatic N) is 1. The van der Waals surface area contributed by atoms with Gasteiger partial charge in [0.05, 0.1) is 0 Å². The lowest BCUT2D eigenvalue weighted by molar-refractivity contribution is 0.165. The zero-order valence-electron chi connectivity index (χ0n) is 11.7. The molecule has 1 unspecified atom stereocenters. The van der Waals surface area contributed by atoms with Crippen LogP contribution in [-0.4, -0.2) is 24.5 Å². The lowest BCUT2D eigenvalue weighted by Gasteiger charge is -2.35. The summed E-state index contributed by atoms with van der Waals surface area (Å²) in [6.07, 6.45) is 15.6. The Labute approximate surface area is 108 Å². The summed E-state index contributed by atoms with van der Waals surface area (Å²) in [4.78, 5) is 2.75. The van der Waals surface area contributed by atoms with Crippen LogP contribution in [0.3, 0.4) is 0 Å². The smallest absolute Gasteiger partial charge is 0.00124 e. The summed E-state index contributed by atoms with van der Waals surface area (Å²) in [5, 5.41) is 0. The second kappa shape index (κ2) is 7.41. The molecule has 1 atom stereocenters. The van der Waals surface area contributed by atoms with Crippen LogP contribution in [0.2, 0.25) is 0 Å². The zero-order chi connectivity index (χ0) is 11.9. The Bertz CT molecular complexity index is 194. The van der Waals surface area contributed by atoms with Crippen LogP contribution >= 0.6 is 0 Å². The average molecular weight is 236 g/mol. The SMILES string of the molecule is CCC1[CH]CCN(CC2CCCCCCC2)C1. The van der Waals surface area contributed by atoms with Crippen LogP contribution in [0.25, 0.3) is 0 Å². The predicted molar refractivity (Wildman–Crippen MR) is 74.9 cm³/mol. The van der Waals surface area contributed by atoms with E-state index >= 15 is 0 Å². The Kier molecular flexibility index (Phi) is 5.84. The van der Waals surface area contributed by atoms with Crippen molar-refractivity contribution >= 4 is 0 Å². The van der Waals surface area contributed by atoms with Crippen LogP contribution in [0.5, 0.6) is 0 Å². The molecule has 1 nitrogen and oxygen atoms in total. The van der Waals surface area contributed by atoms with Gasteiger partial charge in [0.2, 0.25) is 0 Å². The molecular weight excluding hydrogens is 206 g/mol. The zero-order valence-corrected chi connectivity index (χ0v) is 11.7. The lowest BCUT2D eigenvalue weighted by atomic mass is 9.89. The van der Waals surface area contributed by atoms with E-state index < -0.39 is 0 Å². The number of hydrogen-bond donors (Lipinski definition) is 0. The van der Waals surface area contributed by atoms with Crippen molar-refractivity contribution in [1.29, 1.82) is 0 Å². The molecule has 0 aromatic heterocycles. The van der Waals surface area contributed by atoms with Crippen molar-refractivity contribution in [3.8, 4) is 0 Å². The molecule has 0 N–H and O–H groups in total. The molecule has 0 aromatic carbocycles. The molecule has 1 aliphatic carbocycles. The van der Waals surface area contributed by atoms with Gasteiger partial charge >= 0.3 is 0 Å². The van der Waals surface area contributed by atoms with E-state index in [1.807, 2.05) is 0 Å². The Morgan fingerprint density at radius 2 is 1.76 bits per heavy atom. The number of hydrogen-bond acceptors (Lipinski definition) is 1. The normalized spacial score (nSPS) is 29.8. The Morgan fingerprint density at radius 3 is 2.47 bits per heavy atom. The van der Waals surface area contributed by atoms with Gasteiger partial charge in [-0.3, -0.25) is 0 Å². The molecule has 1 heteroatoms. The summed E-state index contributed by atoms with van der Waals surface area (Å²) in [5.41, 5.74) is 0. The Hall–Kier alpha value is -0.0400. The maximum Gasteiger partial charge on any atom is 0.00124 e. The van der Waals surface area contributed by atoms with Crippen LogP contribution < -0.4 is 0 Å². The van der Waals surface area contributed by atoms with E-state index in [4.69, 9.17) is 0 Å². The first-order valence-electron chi connectivity index (χ1n) is 7.94. The van der Waals surface area contributed by atoms with Crippen LogP contribution in [0.4, 0.5) is 0 Å². The van der Waals surface area contributed by atoms with E-state index in [-0.39, 0.29) is 0 Å². The molecule has 99 valence electrons. The number of piperidine rings is 1. The first-order valence-corrected chi connectivity index (χ1v) is 7.94. The third kappa shape index (κ3) is 4.62. The van der Waals surface area contributed by atoms with Crippen LogP contribution in [0.1, 0.15) is 64.7 Å². The Morgan fingerprint density at radius 1 is 1.06 bits per heavy atom. The molecule has 2 aliphatic rings. The molecular formula is C16H30N. The molecule has 0 bridgehead atoms. The topological polar surface area (TPSA) is 3.24 Å². The molecule has 1 saturated carbocycles. The molecule has 1 saturated heterocycles. The van der Waals surface area contributed by atoms with Gasteiger partial charge in [0.15, 0.2) is 0 Å². The van der Waals surface area contributed by atoms with E-state index in [2.05, 4.69) is 18.2 Å². The van der Waals surface area contributed by atoms with Crippen molar-refractivity contribution in [2.45, 2.75) is 64.7 Å². The van der Waals surface area contributed by atoms with Gasteiger partial charge in [-0.2, -0.15) is 0 Å². The summed E-state index contributed by atoms with van der Waals surface area (Å²) >= 11 is 0. The maximum atomic E-state index is 2.75. The minimum atomic E-state index is 0.873. The van der Waals surface area contributed by atoms with Crippen LogP contribution in [0.15, 0.2) is 0 Å². The minimum Gasteiger partial charge on any atom is -0.303 e. The highest BCUT2D eigenvalue weighted by atomic mass is 15.1. The molecule has 2 fully saturated rings. The molecule has 1 aliphatic heterocycles. The quantitative estimate of drug-likeness (QED) is 0.707. The van der Waals surface area contributed by atoms with Crippen LogP contribution in [-0.2, 0) is 0 Å². The van der Waals surface area contributed by atoms with Gasteiger partial charge in [0.25, 0.3) is 0 Å². The van der Waals surface area contributed by atoms with E-state index in [0.717, 1.165) is 11.8 Å². The monoisotopic (exact) mass is 236 g/mol. The second-order valence-electron chi connectivity index (χ2n) is 6.16. The summed E-state index contributed by atoms with van der Waals surface area (Å²) in [7, 11) is 0. The van der Waals surface area contributed by atoms with Gasteiger partial charge in [0, 0.05) is 13.1 Å². The first-order chi connectivity index (χ1) is 8.38. The highest BCUT2D eigenvalue weighted by Crippen LogP contribution is 2.25. The molecule has 17 heavy (non-hydrogen) atoms. The van der Waals surface area contributed by atoms with E-state index in [1.165, 1.54) is 77.4 Å². The maximum absolute atomic E-state index is 2.75. The van der Waals surface area contributed by atoms with Gasteiger partial charge in [-0.05, 0) is 44.1 Å². The fourth-order valence-corrected chi connectivity index (χ4v) is 3.54. The average Bonchev–Trinajstić information content (AvgIpc) is 2.33. The molecule has 0 aromatic rings. The van der Waals surface area contributed by atoms with E-state index in [9.17, 15) is 0 Å². The fraction of sp³-hybridized carbons (Fsp3) is 0.938. The van der Waals surface area contributed by atoms with Gasteiger partial charge in [-0.1, -0.05) is 45.4 Å². The van der Waals surface area contributed by atoms with Crippen molar-refractivity contribution in [1.82, 2.24) is 4.90 Å². The molecule has 2 rings (SSSR count). The molecule has 1 radical (unpaired) electrons. The highest BCUT2D eigenvalue weighted by molar-refractivity contribution is 4.85. The van der Waals surface area contributed by atoms with Crippen molar-refractivity contribution in [3.05, 3.63) is 6.42 Å². The van der Waals surface area contributed by atoms with Crippen molar-refractivity contribution in [3.63, 3.8) is 0 Å². The third-order valence-electron chi connectivity index (χ3n) is 4.70. The highest BCUT2D eigenvalue weighted by Gasteiger charge is 2.21. The standard InChI is InChI=1S/C16H30N/c1-2-15-11-8-12-17(13-15)14-16-9-6-4-3-5-7-10-16/h11,15-16H,2-10,12-14H2,1H3. The van der Waals surface area contributed by atoms with Gasteiger partial charge < -0.3 is 4.90 Å². The van der Waals surface area contributed by atoms with Crippen molar-refractivity contribution in [2.24, 2.45) is 11.8 Å². The summed E-state index contributed by atoms with van der Waals surface area (Å²) < 4.78 is 0. The van der Waals surface area contributed by atoms with Gasteiger partial charge in [-0.25, -0.2) is 0 Å². The molecule has 1 heterocycles. The number of likely N-dealkylation sites (tertiary alicyclic amines) is 1. The number of rotatable bonds is 3. The van der Waals surface area contributed by atoms with E-state index in [1.54, 1.807) is 0 Å². The fourth-order valence-electron chi connectivity index (χ4n) is 3.54. The van der Waals surface area contributed by atoms with Crippen molar-refractivity contribution < 1.29 is 0 Å². The minimum absolute atomic E-state index is 0.873. The second-order valence-corrected chi connectivity index (χ2v) is 6.16. The predicted octanol–water partition coefficient (Wildman–Crippen LogP) is 4.28. The largest absolute Gasteiger partial charge is 0.303 e.